The van der Waals surface area contributed by atoms with Gasteiger partial charge in [-0.25, -0.2) is 13.4 Å². The third-order valence-electron chi connectivity index (χ3n) is 3.75. The van der Waals surface area contributed by atoms with Crippen LogP contribution >= 0.6 is 0 Å². The summed E-state index contributed by atoms with van der Waals surface area (Å²) in [6.07, 6.45) is 1.26. The van der Waals surface area contributed by atoms with Crippen LogP contribution in [0, 0.1) is 0 Å². The molecule has 1 saturated heterocycles. The number of nitrogens with zero attached hydrogens (tertiary/aromatic N) is 3. The lowest BCUT2D eigenvalue weighted by molar-refractivity contribution is 0.387. The first-order chi connectivity index (χ1) is 9.81. The number of aromatic nitrogens is 1. The van der Waals surface area contributed by atoms with E-state index in [9.17, 15) is 8.42 Å². The zero-order valence-electron chi connectivity index (χ0n) is 12.9. The second-order valence-corrected chi connectivity index (χ2v) is 7.75. The van der Waals surface area contributed by atoms with Crippen molar-refractivity contribution in [3.8, 4) is 0 Å². The van der Waals surface area contributed by atoms with Crippen LogP contribution in [0.4, 0.5) is 5.82 Å². The van der Waals surface area contributed by atoms with E-state index in [1.54, 1.807) is 0 Å². The second-order valence-electron chi connectivity index (χ2n) is 5.77. The fourth-order valence-corrected chi connectivity index (χ4v) is 3.25. The molecule has 2 N–H and O–H groups in total. The van der Waals surface area contributed by atoms with Gasteiger partial charge in [-0.15, -0.1) is 0 Å². The molecule has 2 heterocycles. The van der Waals surface area contributed by atoms with Crippen LogP contribution in [0.1, 0.15) is 31.0 Å². The molecule has 0 atom stereocenters. The molecule has 118 valence electrons. The van der Waals surface area contributed by atoms with Crippen LogP contribution in [0.15, 0.2) is 12.1 Å². The Balaban J connectivity index is 2.18. The van der Waals surface area contributed by atoms with Gasteiger partial charge in [0.15, 0.2) is 0 Å². The Kier molecular flexibility index (Phi) is 4.85. The molecule has 1 fully saturated rings. The Bertz CT molecular complexity index is 593. The Hall–Kier alpha value is -1.18. The number of nitrogens with two attached hydrogens (primary N) is 1. The van der Waals surface area contributed by atoms with E-state index < -0.39 is 10.0 Å². The molecule has 6 nitrogen and oxygen atoms in total. The van der Waals surface area contributed by atoms with Crippen LogP contribution in [0.3, 0.4) is 0 Å². The first kappa shape index (κ1) is 16.2. The van der Waals surface area contributed by atoms with Gasteiger partial charge in [-0.05, 0) is 23.6 Å². The minimum atomic E-state index is -3.10. The van der Waals surface area contributed by atoms with Gasteiger partial charge in [0.05, 0.1) is 6.26 Å². The van der Waals surface area contributed by atoms with Crippen molar-refractivity contribution in [2.24, 2.45) is 5.73 Å². The first-order valence-corrected chi connectivity index (χ1v) is 9.07. The molecule has 0 amide bonds. The van der Waals surface area contributed by atoms with Crippen molar-refractivity contribution in [3.63, 3.8) is 0 Å². The van der Waals surface area contributed by atoms with Crippen molar-refractivity contribution in [2.75, 3.05) is 37.3 Å². The molecule has 1 aliphatic rings. The van der Waals surface area contributed by atoms with Gasteiger partial charge in [-0.1, -0.05) is 13.8 Å². The van der Waals surface area contributed by atoms with Gasteiger partial charge in [0, 0.05) is 38.4 Å². The third-order valence-corrected chi connectivity index (χ3v) is 5.05. The predicted molar refractivity (Wildman–Crippen MR) is 84.8 cm³/mol. The highest BCUT2D eigenvalue weighted by Crippen LogP contribution is 2.21. The zero-order valence-corrected chi connectivity index (χ0v) is 13.7. The smallest absolute Gasteiger partial charge is 0.211 e. The molecule has 0 aliphatic carbocycles. The molecule has 0 saturated carbocycles. The van der Waals surface area contributed by atoms with Crippen molar-refractivity contribution >= 4 is 15.8 Å². The molecule has 7 heteroatoms. The van der Waals surface area contributed by atoms with Crippen molar-refractivity contribution in [1.82, 2.24) is 9.29 Å². The quantitative estimate of drug-likeness (QED) is 0.887. The van der Waals surface area contributed by atoms with Crippen LogP contribution in [-0.2, 0) is 16.6 Å². The van der Waals surface area contributed by atoms with E-state index in [0.29, 0.717) is 38.6 Å². The largest absolute Gasteiger partial charge is 0.354 e. The zero-order chi connectivity index (χ0) is 15.6. The lowest BCUT2D eigenvalue weighted by Crippen LogP contribution is -2.48. The second kappa shape index (κ2) is 6.29. The Morgan fingerprint density at radius 2 is 1.86 bits per heavy atom. The highest BCUT2D eigenvalue weighted by atomic mass is 32.2. The van der Waals surface area contributed by atoms with E-state index in [1.807, 2.05) is 12.1 Å². The van der Waals surface area contributed by atoms with Gasteiger partial charge in [0.1, 0.15) is 5.82 Å². The highest BCUT2D eigenvalue weighted by Gasteiger charge is 2.24. The lowest BCUT2D eigenvalue weighted by atomic mass is 10.1. The maximum absolute atomic E-state index is 11.5. The summed E-state index contributed by atoms with van der Waals surface area (Å²) in [4.78, 5) is 6.83. The highest BCUT2D eigenvalue weighted by molar-refractivity contribution is 7.88. The predicted octanol–water partition coefficient (Wildman–Crippen LogP) is 0.745. The summed E-state index contributed by atoms with van der Waals surface area (Å²) in [6, 6.07) is 4.04. The van der Waals surface area contributed by atoms with E-state index in [2.05, 4.69) is 18.7 Å². The third kappa shape index (κ3) is 3.93. The van der Waals surface area contributed by atoms with Gasteiger partial charge < -0.3 is 10.6 Å². The van der Waals surface area contributed by atoms with Crippen molar-refractivity contribution < 1.29 is 8.42 Å². The molecule has 1 aliphatic heterocycles. The molecule has 0 spiro atoms. The normalized spacial score (nSPS) is 17.5. The van der Waals surface area contributed by atoms with Gasteiger partial charge in [0.2, 0.25) is 10.0 Å². The summed E-state index contributed by atoms with van der Waals surface area (Å²) in [7, 11) is -3.10. The average Bonchev–Trinajstić information content (AvgIpc) is 2.46. The summed E-state index contributed by atoms with van der Waals surface area (Å²) in [5.74, 6) is 1.24. The van der Waals surface area contributed by atoms with Crippen LogP contribution in [0.5, 0.6) is 0 Å². The Labute approximate surface area is 127 Å². The standard InChI is InChI=1S/C14H24N4O2S/c1-11(2)13-8-12(10-15)9-14(16-13)17-4-6-18(7-5-17)21(3,19)20/h8-9,11H,4-7,10,15H2,1-3H3. The van der Waals surface area contributed by atoms with Gasteiger partial charge in [-0.2, -0.15) is 4.31 Å². The monoisotopic (exact) mass is 312 g/mol. The molecule has 21 heavy (non-hydrogen) atoms. The SMILES string of the molecule is CC(C)c1cc(CN)cc(N2CCN(S(C)(=O)=O)CC2)n1. The van der Waals surface area contributed by atoms with Gasteiger partial charge in [0.25, 0.3) is 0 Å². The molecule has 0 bridgehead atoms. The van der Waals surface area contributed by atoms with Crippen LogP contribution in [0.25, 0.3) is 0 Å². The van der Waals surface area contributed by atoms with E-state index in [0.717, 1.165) is 17.1 Å². The van der Waals surface area contributed by atoms with Crippen molar-refractivity contribution in [3.05, 3.63) is 23.4 Å². The lowest BCUT2D eigenvalue weighted by Gasteiger charge is -2.34. The summed E-state index contributed by atoms with van der Waals surface area (Å²) >= 11 is 0. The van der Waals surface area contributed by atoms with Crippen LogP contribution in [-0.4, -0.2) is 50.1 Å². The molecule has 1 aromatic heterocycles. The summed E-state index contributed by atoms with van der Waals surface area (Å²) < 4.78 is 24.6. The van der Waals surface area contributed by atoms with Crippen LogP contribution in [0.2, 0.25) is 0 Å². The minimum Gasteiger partial charge on any atom is -0.354 e. The van der Waals surface area contributed by atoms with Crippen molar-refractivity contribution in [2.45, 2.75) is 26.3 Å². The molecule has 2 rings (SSSR count). The number of hydrogen-bond donors (Lipinski definition) is 1. The van der Waals surface area contributed by atoms with Gasteiger partial charge >= 0.3 is 0 Å². The summed E-state index contributed by atoms with van der Waals surface area (Å²) in [5, 5.41) is 0. The van der Waals surface area contributed by atoms with Gasteiger partial charge in [-0.3, -0.25) is 0 Å². The Morgan fingerprint density at radius 3 is 2.33 bits per heavy atom. The summed E-state index contributed by atoms with van der Waals surface area (Å²) in [6.45, 7) is 7.02. The van der Waals surface area contributed by atoms with E-state index in [4.69, 9.17) is 10.7 Å². The maximum Gasteiger partial charge on any atom is 0.211 e. The van der Waals surface area contributed by atoms with Crippen molar-refractivity contribution in [1.29, 1.82) is 0 Å². The Morgan fingerprint density at radius 1 is 1.24 bits per heavy atom. The van der Waals surface area contributed by atoms with E-state index >= 15 is 0 Å². The molecule has 0 unspecified atom stereocenters. The number of piperazine rings is 1. The van der Waals surface area contributed by atoms with E-state index in [-0.39, 0.29) is 0 Å². The van der Waals surface area contributed by atoms with E-state index in [1.165, 1.54) is 10.6 Å². The fraction of sp³-hybridized carbons (Fsp3) is 0.643. The number of hydrogen-bond acceptors (Lipinski definition) is 5. The maximum atomic E-state index is 11.5. The number of pyridine rings is 1. The number of anilines is 1. The summed E-state index contributed by atoms with van der Waals surface area (Å²) in [5.41, 5.74) is 7.85. The molecule has 1 aromatic rings. The molecule has 0 radical (unpaired) electrons. The topological polar surface area (TPSA) is 79.5 Å². The minimum absolute atomic E-state index is 0.340. The first-order valence-electron chi connectivity index (χ1n) is 7.22. The molecular formula is C14H24N4O2S. The average molecular weight is 312 g/mol. The molecular weight excluding hydrogens is 288 g/mol. The molecule has 0 aromatic carbocycles. The number of sulfonamides is 1. The van der Waals surface area contributed by atoms with Crippen LogP contribution < -0.4 is 10.6 Å². The number of rotatable bonds is 4. The fourth-order valence-electron chi connectivity index (χ4n) is 2.42.